The van der Waals surface area contributed by atoms with Crippen LogP contribution in [0.3, 0.4) is 0 Å². The van der Waals surface area contributed by atoms with Crippen LogP contribution in [-0.2, 0) is 4.79 Å². The first-order valence-corrected chi connectivity index (χ1v) is 10.3. The van der Waals surface area contributed by atoms with Crippen molar-refractivity contribution in [3.05, 3.63) is 52.0 Å². The number of hydrazone groups is 1. The molecule has 0 aliphatic carbocycles. The van der Waals surface area contributed by atoms with Crippen LogP contribution < -0.4 is 19.6 Å². The molecule has 0 heterocycles. The molecular formula is C23H29ClN2O4. The Kier molecular flexibility index (Phi) is 8.99. The summed E-state index contributed by atoms with van der Waals surface area (Å²) in [6.45, 7) is 10.7. The lowest BCUT2D eigenvalue weighted by Crippen LogP contribution is -2.12. The Morgan fingerprint density at radius 2 is 1.87 bits per heavy atom. The zero-order chi connectivity index (χ0) is 22.1. The highest BCUT2D eigenvalue weighted by atomic mass is 35.5. The average molecular weight is 433 g/mol. The summed E-state index contributed by atoms with van der Waals surface area (Å²) in [6.07, 6.45) is 1.49. The van der Waals surface area contributed by atoms with E-state index in [1.54, 1.807) is 12.1 Å². The van der Waals surface area contributed by atoms with E-state index in [2.05, 4.69) is 36.5 Å². The molecule has 7 heteroatoms. The average Bonchev–Trinajstić information content (AvgIpc) is 2.66. The van der Waals surface area contributed by atoms with E-state index >= 15 is 0 Å². The monoisotopic (exact) mass is 432 g/mol. The summed E-state index contributed by atoms with van der Waals surface area (Å²) in [5, 5.41) is 4.24. The van der Waals surface area contributed by atoms with Crippen LogP contribution in [-0.4, -0.2) is 31.9 Å². The summed E-state index contributed by atoms with van der Waals surface area (Å²) in [5.74, 6) is 1.94. The van der Waals surface area contributed by atoms with Gasteiger partial charge in [0.15, 0.2) is 11.5 Å². The lowest BCUT2D eigenvalue weighted by atomic mass is 10.0. The van der Waals surface area contributed by atoms with Crippen molar-refractivity contribution < 1.29 is 19.0 Å². The number of benzene rings is 2. The van der Waals surface area contributed by atoms with Crippen molar-refractivity contribution in [3.8, 4) is 17.2 Å². The second kappa shape index (κ2) is 11.5. The molecule has 0 radical (unpaired) electrons. The molecule has 2 aromatic rings. The third-order valence-electron chi connectivity index (χ3n) is 4.15. The Labute approximate surface area is 183 Å². The molecule has 2 aromatic carbocycles. The molecule has 30 heavy (non-hydrogen) atoms. The molecule has 0 spiro atoms. The molecular weight excluding hydrogens is 404 g/mol. The molecule has 0 fully saturated rings. The van der Waals surface area contributed by atoms with Crippen LogP contribution in [0.25, 0.3) is 0 Å². The number of carbonyl (C=O) groups excluding carboxylic acids is 1. The summed E-state index contributed by atoms with van der Waals surface area (Å²) < 4.78 is 17.5. The summed E-state index contributed by atoms with van der Waals surface area (Å²) in [6, 6.07) is 9.68. The second-order valence-electron chi connectivity index (χ2n) is 7.08. The van der Waals surface area contributed by atoms with Crippen LogP contribution >= 0.6 is 11.6 Å². The van der Waals surface area contributed by atoms with E-state index in [-0.39, 0.29) is 5.91 Å². The van der Waals surface area contributed by atoms with Gasteiger partial charge in [-0.15, -0.1) is 0 Å². The number of aryl methyl sites for hydroxylation is 1. The predicted octanol–water partition coefficient (Wildman–Crippen LogP) is 5.10. The number of amides is 1. The molecule has 2 rings (SSSR count). The minimum absolute atomic E-state index is 0.253. The van der Waals surface area contributed by atoms with Gasteiger partial charge in [-0.05, 0) is 54.7 Å². The molecule has 0 saturated heterocycles. The van der Waals surface area contributed by atoms with Crippen molar-refractivity contribution in [1.82, 2.24) is 5.43 Å². The first-order valence-electron chi connectivity index (χ1n) is 9.94. The van der Waals surface area contributed by atoms with Gasteiger partial charge in [0.05, 0.1) is 17.8 Å². The summed E-state index contributed by atoms with van der Waals surface area (Å²) in [5.41, 5.74) is 5.34. The molecule has 6 nitrogen and oxygen atoms in total. The van der Waals surface area contributed by atoms with Gasteiger partial charge < -0.3 is 14.2 Å². The quantitative estimate of drug-likeness (QED) is 0.322. The van der Waals surface area contributed by atoms with Crippen LogP contribution in [0, 0.1) is 6.92 Å². The molecule has 0 atom stereocenters. The van der Waals surface area contributed by atoms with E-state index in [4.69, 9.17) is 25.8 Å². The normalized spacial score (nSPS) is 11.0. The Morgan fingerprint density at radius 1 is 1.13 bits per heavy atom. The first kappa shape index (κ1) is 23.5. The van der Waals surface area contributed by atoms with E-state index in [9.17, 15) is 4.79 Å². The number of nitrogens with zero attached hydrogens (tertiary/aromatic N) is 1. The maximum Gasteiger partial charge on any atom is 0.236 e. The fourth-order valence-corrected chi connectivity index (χ4v) is 3.08. The van der Waals surface area contributed by atoms with Crippen molar-refractivity contribution in [2.45, 2.75) is 40.5 Å². The van der Waals surface area contributed by atoms with Gasteiger partial charge in [0.1, 0.15) is 19.0 Å². The number of hydrogen-bond donors (Lipinski definition) is 1. The van der Waals surface area contributed by atoms with Crippen LogP contribution in [0.2, 0.25) is 5.02 Å². The lowest BCUT2D eigenvalue weighted by molar-refractivity contribution is -0.118. The summed E-state index contributed by atoms with van der Waals surface area (Å²) in [7, 11) is 0. The highest BCUT2D eigenvalue weighted by Crippen LogP contribution is 2.36. The number of carbonyl (C=O) groups is 1. The maximum absolute atomic E-state index is 10.9. The van der Waals surface area contributed by atoms with Gasteiger partial charge in [-0.2, -0.15) is 5.10 Å². The number of ether oxygens (including phenoxy) is 3. The predicted molar refractivity (Wildman–Crippen MR) is 120 cm³/mol. The second-order valence-corrected chi connectivity index (χ2v) is 7.49. The minimum Gasteiger partial charge on any atom is -0.490 e. The van der Waals surface area contributed by atoms with Gasteiger partial charge in [-0.1, -0.05) is 37.6 Å². The van der Waals surface area contributed by atoms with Crippen molar-refractivity contribution in [3.63, 3.8) is 0 Å². The number of hydrogen-bond acceptors (Lipinski definition) is 5. The molecule has 0 bridgehead atoms. The van der Waals surface area contributed by atoms with Crippen molar-refractivity contribution in [2.75, 3.05) is 19.8 Å². The Morgan fingerprint density at radius 3 is 2.53 bits per heavy atom. The largest absolute Gasteiger partial charge is 0.490 e. The SMILES string of the molecule is CCOc1cc(/C=N\NC(C)=O)cc(Cl)c1OCCOc1cc(C)ccc1C(C)C. The van der Waals surface area contributed by atoms with Gasteiger partial charge in [-0.25, -0.2) is 5.43 Å². The number of rotatable bonds is 10. The number of halogens is 1. The fraction of sp³-hybridized carbons (Fsp3) is 0.391. The third kappa shape index (κ3) is 6.95. The van der Waals surface area contributed by atoms with E-state index in [0.717, 1.165) is 16.9 Å². The van der Waals surface area contributed by atoms with Gasteiger partial charge in [0.2, 0.25) is 5.91 Å². The van der Waals surface area contributed by atoms with Gasteiger partial charge in [0, 0.05) is 6.92 Å². The number of nitrogens with one attached hydrogen (secondary N) is 1. The van der Waals surface area contributed by atoms with Crippen LogP contribution in [0.1, 0.15) is 50.3 Å². The van der Waals surface area contributed by atoms with E-state index in [1.165, 1.54) is 13.1 Å². The first-order chi connectivity index (χ1) is 14.3. The zero-order valence-electron chi connectivity index (χ0n) is 18.1. The third-order valence-corrected chi connectivity index (χ3v) is 4.43. The molecule has 162 valence electrons. The topological polar surface area (TPSA) is 69.2 Å². The molecule has 0 aliphatic heterocycles. The van der Waals surface area contributed by atoms with Gasteiger partial charge in [0.25, 0.3) is 0 Å². The van der Waals surface area contributed by atoms with Crippen LogP contribution in [0.5, 0.6) is 17.2 Å². The van der Waals surface area contributed by atoms with Crippen molar-refractivity contribution in [1.29, 1.82) is 0 Å². The lowest BCUT2D eigenvalue weighted by Gasteiger charge is -2.17. The van der Waals surface area contributed by atoms with E-state index in [0.29, 0.717) is 47.8 Å². The zero-order valence-corrected chi connectivity index (χ0v) is 18.9. The van der Waals surface area contributed by atoms with Crippen LogP contribution in [0.15, 0.2) is 35.4 Å². The molecule has 0 unspecified atom stereocenters. The van der Waals surface area contributed by atoms with Crippen molar-refractivity contribution >= 4 is 23.7 Å². The minimum atomic E-state index is -0.253. The Hall–Kier alpha value is -2.73. The molecule has 0 aliphatic rings. The highest BCUT2D eigenvalue weighted by molar-refractivity contribution is 6.32. The molecule has 0 aromatic heterocycles. The van der Waals surface area contributed by atoms with Gasteiger partial charge >= 0.3 is 0 Å². The Bertz CT molecular complexity index is 897. The molecule has 1 amide bonds. The standard InChI is InChI=1S/C23H29ClN2O4/c1-6-28-22-13-18(14-25-26-17(5)27)12-20(24)23(22)30-10-9-29-21-11-16(4)7-8-19(21)15(2)3/h7-8,11-15H,6,9-10H2,1-5H3,(H,26,27)/b25-14-. The Balaban J connectivity index is 2.06. The maximum atomic E-state index is 10.9. The van der Waals surface area contributed by atoms with Gasteiger partial charge in [-0.3, -0.25) is 4.79 Å². The fourth-order valence-electron chi connectivity index (χ4n) is 2.80. The van der Waals surface area contributed by atoms with E-state index < -0.39 is 0 Å². The molecule has 1 N–H and O–H groups in total. The van der Waals surface area contributed by atoms with E-state index in [1.807, 2.05) is 19.9 Å². The smallest absolute Gasteiger partial charge is 0.236 e. The molecule has 0 saturated carbocycles. The highest BCUT2D eigenvalue weighted by Gasteiger charge is 2.13. The van der Waals surface area contributed by atoms with Crippen molar-refractivity contribution in [2.24, 2.45) is 5.10 Å². The van der Waals surface area contributed by atoms with Crippen LogP contribution in [0.4, 0.5) is 0 Å². The summed E-state index contributed by atoms with van der Waals surface area (Å²) in [4.78, 5) is 10.9. The summed E-state index contributed by atoms with van der Waals surface area (Å²) >= 11 is 6.40.